The van der Waals surface area contributed by atoms with Crippen molar-refractivity contribution < 1.29 is 8.83 Å². The molecule has 2 heterocycles. The van der Waals surface area contributed by atoms with E-state index in [1.165, 1.54) is 54.9 Å². The first kappa shape index (κ1) is 24.7. The summed E-state index contributed by atoms with van der Waals surface area (Å²) in [4.78, 5) is 0. The Morgan fingerprint density at radius 3 is 1.12 bits per heavy atom. The molecule has 2 nitrogen and oxygen atoms in total. The van der Waals surface area contributed by atoms with Gasteiger partial charge < -0.3 is 8.83 Å². The lowest BCUT2D eigenvalue weighted by molar-refractivity contribution is 0.668. The lowest BCUT2D eigenvalue weighted by Crippen LogP contribution is -1.92. The monoisotopic (exact) mass is 542 g/mol. The van der Waals surface area contributed by atoms with Crippen molar-refractivity contribution in [1.29, 1.82) is 0 Å². The number of hydrogen-bond acceptors (Lipinski definition) is 2. The van der Waals surface area contributed by atoms with Crippen molar-refractivity contribution in [3.8, 4) is 11.1 Å². The van der Waals surface area contributed by atoms with Gasteiger partial charge in [-0.15, -0.1) is 0 Å². The van der Waals surface area contributed by atoms with Crippen LogP contribution in [0, 0.1) is 0 Å². The fourth-order valence-electron chi connectivity index (χ4n) is 6.16. The zero-order valence-corrected chi connectivity index (χ0v) is 23.3. The maximum atomic E-state index is 5.99. The molecule has 0 atom stereocenters. The lowest BCUT2D eigenvalue weighted by Gasteiger charge is -2.07. The average molecular weight is 543 g/mol. The van der Waals surface area contributed by atoms with Crippen molar-refractivity contribution in [1.82, 2.24) is 0 Å². The summed E-state index contributed by atoms with van der Waals surface area (Å²) in [5, 5.41) is 4.78. The smallest absolute Gasteiger partial charge is 0.135 e. The van der Waals surface area contributed by atoms with Crippen LogP contribution in [-0.2, 0) is 25.7 Å². The molecular formula is C40H30O2. The second-order valence-electron chi connectivity index (χ2n) is 11.3. The quantitative estimate of drug-likeness (QED) is 0.200. The number of rotatable bonds is 7. The van der Waals surface area contributed by atoms with Crippen LogP contribution in [0.4, 0.5) is 0 Å². The maximum absolute atomic E-state index is 5.99. The Hall–Kier alpha value is -5.08. The minimum atomic E-state index is 0.953. The van der Waals surface area contributed by atoms with Crippen molar-refractivity contribution in [3.05, 3.63) is 156 Å². The summed E-state index contributed by atoms with van der Waals surface area (Å²) in [5.41, 5.74) is 11.7. The highest BCUT2D eigenvalue weighted by Crippen LogP contribution is 2.31. The summed E-state index contributed by atoms with van der Waals surface area (Å²) in [6, 6.07) is 47.8. The second-order valence-corrected chi connectivity index (χ2v) is 11.3. The molecule has 0 spiro atoms. The number of aryl methyl sites for hydroxylation is 4. The van der Waals surface area contributed by atoms with E-state index >= 15 is 0 Å². The van der Waals surface area contributed by atoms with Gasteiger partial charge in [-0.25, -0.2) is 0 Å². The predicted molar refractivity (Wildman–Crippen MR) is 174 cm³/mol. The summed E-state index contributed by atoms with van der Waals surface area (Å²) in [6.45, 7) is 0. The first-order valence-corrected chi connectivity index (χ1v) is 14.8. The van der Waals surface area contributed by atoms with Crippen LogP contribution < -0.4 is 0 Å². The van der Waals surface area contributed by atoms with E-state index in [9.17, 15) is 0 Å². The molecule has 0 amide bonds. The fraction of sp³-hybridized carbons (Fsp3) is 0.100. The van der Waals surface area contributed by atoms with Crippen LogP contribution in [0.25, 0.3) is 55.0 Å². The van der Waals surface area contributed by atoms with E-state index in [1.807, 2.05) is 24.3 Å². The number of fused-ring (bicyclic) bond motifs is 6. The van der Waals surface area contributed by atoms with Crippen molar-refractivity contribution in [2.45, 2.75) is 25.7 Å². The van der Waals surface area contributed by atoms with Gasteiger partial charge in [0.15, 0.2) is 0 Å². The first-order valence-electron chi connectivity index (χ1n) is 14.8. The fourth-order valence-corrected chi connectivity index (χ4v) is 6.16. The maximum Gasteiger partial charge on any atom is 0.135 e. The van der Waals surface area contributed by atoms with Gasteiger partial charge in [0, 0.05) is 21.5 Å². The van der Waals surface area contributed by atoms with Gasteiger partial charge in [0.2, 0.25) is 0 Å². The van der Waals surface area contributed by atoms with Crippen LogP contribution in [0.2, 0.25) is 0 Å². The summed E-state index contributed by atoms with van der Waals surface area (Å²) in [6.07, 6.45) is 4.04. The summed E-state index contributed by atoms with van der Waals surface area (Å²) in [5.74, 6) is 0. The van der Waals surface area contributed by atoms with Crippen LogP contribution in [0.3, 0.4) is 0 Å². The molecule has 0 bridgehead atoms. The van der Waals surface area contributed by atoms with Gasteiger partial charge in [0.1, 0.15) is 22.3 Å². The van der Waals surface area contributed by atoms with Gasteiger partial charge >= 0.3 is 0 Å². The molecule has 0 aliphatic carbocycles. The highest BCUT2D eigenvalue weighted by Gasteiger charge is 2.09. The predicted octanol–water partition coefficient (Wildman–Crippen LogP) is 10.7. The Balaban J connectivity index is 0.911. The van der Waals surface area contributed by atoms with Gasteiger partial charge in [-0.3, -0.25) is 0 Å². The van der Waals surface area contributed by atoms with E-state index in [0.29, 0.717) is 0 Å². The molecule has 2 heteroatoms. The third-order valence-corrected chi connectivity index (χ3v) is 8.53. The van der Waals surface area contributed by atoms with Crippen LogP contribution >= 0.6 is 0 Å². The zero-order valence-electron chi connectivity index (χ0n) is 23.3. The Kier molecular flexibility index (Phi) is 6.11. The molecule has 0 unspecified atom stereocenters. The standard InChI is InChI=1S/C40H30O2/c1-3-7-37-33(5-1)35-25-29(17-23-39(35)41-37)11-9-27-13-19-31(20-14-27)32-21-15-28(16-22-32)10-12-30-18-24-40-36(26-30)34-6-2-4-8-38(34)42-40/h1-8,13-26H,9-12H2. The number of benzene rings is 6. The minimum absolute atomic E-state index is 0.953. The van der Waals surface area contributed by atoms with E-state index in [1.54, 1.807) is 0 Å². The SMILES string of the molecule is c1ccc2c(c1)oc1ccc(CCc3ccc(-c4ccc(CCc5ccc6oc7ccccc7c6c5)cc4)cc3)cc12. The van der Waals surface area contributed by atoms with E-state index in [0.717, 1.165) is 48.0 Å². The molecule has 0 saturated heterocycles. The molecule has 0 radical (unpaired) electrons. The van der Waals surface area contributed by atoms with Gasteiger partial charge in [-0.1, -0.05) is 97.1 Å². The van der Waals surface area contributed by atoms with Gasteiger partial charge in [-0.05, 0) is 95.5 Å². The third kappa shape index (κ3) is 4.65. The molecule has 0 aliphatic rings. The molecule has 6 aromatic carbocycles. The molecule has 0 N–H and O–H groups in total. The third-order valence-electron chi connectivity index (χ3n) is 8.53. The Labute approximate surface area is 244 Å². The summed E-state index contributed by atoms with van der Waals surface area (Å²) >= 11 is 0. The Bertz CT molecular complexity index is 2020. The van der Waals surface area contributed by atoms with Gasteiger partial charge in [-0.2, -0.15) is 0 Å². The first-order chi connectivity index (χ1) is 20.8. The second kappa shape index (κ2) is 10.4. The molecule has 0 aliphatic heterocycles. The van der Waals surface area contributed by atoms with E-state index in [2.05, 4.69) is 109 Å². The Morgan fingerprint density at radius 1 is 0.310 bits per heavy atom. The lowest BCUT2D eigenvalue weighted by atomic mass is 9.97. The summed E-state index contributed by atoms with van der Waals surface area (Å²) < 4.78 is 12.0. The van der Waals surface area contributed by atoms with Crippen LogP contribution in [0.5, 0.6) is 0 Å². The van der Waals surface area contributed by atoms with E-state index in [-0.39, 0.29) is 0 Å². The summed E-state index contributed by atoms with van der Waals surface area (Å²) in [7, 11) is 0. The normalized spacial score (nSPS) is 11.7. The van der Waals surface area contributed by atoms with Crippen molar-refractivity contribution >= 4 is 43.9 Å². The van der Waals surface area contributed by atoms with Gasteiger partial charge in [0.25, 0.3) is 0 Å². The molecule has 0 saturated carbocycles. The highest BCUT2D eigenvalue weighted by atomic mass is 16.3. The van der Waals surface area contributed by atoms with Crippen molar-refractivity contribution in [3.63, 3.8) is 0 Å². The number of para-hydroxylation sites is 2. The Morgan fingerprint density at radius 2 is 0.667 bits per heavy atom. The molecule has 2 aromatic heterocycles. The van der Waals surface area contributed by atoms with Crippen LogP contribution in [0.1, 0.15) is 22.3 Å². The van der Waals surface area contributed by atoms with Crippen molar-refractivity contribution in [2.24, 2.45) is 0 Å². The van der Waals surface area contributed by atoms with Gasteiger partial charge in [0.05, 0.1) is 0 Å². The molecular weight excluding hydrogens is 512 g/mol. The van der Waals surface area contributed by atoms with Crippen LogP contribution in [0.15, 0.2) is 142 Å². The minimum Gasteiger partial charge on any atom is -0.456 e. The van der Waals surface area contributed by atoms with Crippen LogP contribution in [-0.4, -0.2) is 0 Å². The highest BCUT2D eigenvalue weighted by molar-refractivity contribution is 6.05. The largest absolute Gasteiger partial charge is 0.456 e. The van der Waals surface area contributed by atoms with E-state index in [4.69, 9.17) is 8.83 Å². The molecule has 42 heavy (non-hydrogen) atoms. The molecule has 8 aromatic rings. The topological polar surface area (TPSA) is 26.3 Å². The molecule has 0 fully saturated rings. The molecule has 8 rings (SSSR count). The number of hydrogen-bond donors (Lipinski definition) is 0. The van der Waals surface area contributed by atoms with Crippen molar-refractivity contribution in [2.75, 3.05) is 0 Å². The number of furan rings is 2. The molecule has 202 valence electrons. The van der Waals surface area contributed by atoms with E-state index < -0.39 is 0 Å². The average Bonchev–Trinajstić information content (AvgIpc) is 3.61. The zero-order chi connectivity index (χ0) is 27.9.